The summed E-state index contributed by atoms with van der Waals surface area (Å²) >= 11 is 0. The van der Waals surface area contributed by atoms with Gasteiger partial charge in [0.25, 0.3) is 0 Å². The van der Waals surface area contributed by atoms with Gasteiger partial charge in [0, 0.05) is 13.1 Å². The number of nitrogens with zero attached hydrogens (tertiary/aromatic N) is 3. The molecular weight excluding hydrogens is 358 g/mol. The second-order valence-electron chi connectivity index (χ2n) is 6.18. The summed E-state index contributed by atoms with van der Waals surface area (Å²) in [6.45, 7) is 6.09. The van der Waals surface area contributed by atoms with Crippen LogP contribution in [-0.2, 0) is 11.3 Å². The van der Waals surface area contributed by atoms with Crippen molar-refractivity contribution in [2.45, 2.75) is 33.2 Å². The molecule has 2 aromatic rings. The van der Waals surface area contributed by atoms with E-state index in [1.807, 2.05) is 30.3 Å². The van der Waals surface area contributed by atoms with Gasteiger partial charge in [-0.2, -0.15) is 4.98 Å². The predicted molar refractivity (Wildman–Crippen MR) is 109 cm³/mol. The molecule has 0 spiro atoms. The fourth-order valence-corrected chi connectivity index (χ4v) is 2.52. The lowest BCUT2D eigenvalue weighted by molar-refractivity contribution is 0.0977. The largest absolute Gasteiger partial charge is 0.486 e. The standard InChI is InChI=1S/C20H29N5O3/c1-3-5-11-22-18-17(14-23-19(21)24-18)28-13-12-25(20(26)27-4-2)15-16-9-7-6-8-10-16/h6-10,14H,3-5,11-13,15H2,1-2H3,(H3,21,22,23,24). The van der Waals surface area contributed by atoms with Crippen molar-refractivity contribution in [2.24, 2.45) is 0 Å². The molecular formula is C20H29N5O3. The van der Waals surface area contributed by atoms with E-state index in [9.17, 15) is 4.79 Å². The lowest BCUT2D eigenvalue weighted by Gasteiger charge is -2.22. The number of hydrogen-bond donors (Lipinski definition) is 2. The summed E-state index contributed by atoms with van der Waals surface area (Å²) in [5, 5.41) is 3.21. The quantitative estimate of drug-likeness (QED) is 0.570. The van der Waals surface area contributed by atoms with Gasteiger partial charge in [0.2, 0.25) is 5.95 Å². The number of hydrogen-bond acceptors (Lipinski definition) is 7. The highest BCUT2D eigenvalue weighted by atomic mass is 16.6. The van der Waals surface area contributed by atoms with E-state index in [1.54, 1.807) is 18.0 Å². The number of anilines is 2. The molecule has 0 unspecified atom stereocenters. The molecule has 1 aromatic carbocycles. The first-order valence-electron chi connectivity index (χ1n) is 9.58. The molecule has 2 rings (SSSR count). The first-order valence-corrected chi connectivity index (χ1v) is 9.58. The molecule has 8 nitrogen and oxygen atoms in total. The van der Waals surface area contributed by atoms with Crippen LogP contribution in [0.25, 0.3) is 0 Å². The van der Waals surface area contributed by atoms with Crippen molar-refractivity contribution in [3.05, 3.63) is 42.1 Å². The number of benzene rings is 1. The second kappa shape index (κ2) is 11.6. The van der Waals surface area contributed by atoms with Crippen molar-refractivity contribution in [3.8, 4) is 5.75 Å². The number of rotatable bonds is 11. The third kappa shape index (κ3) is 6.94. The molecule has 0 aliphatic heterocycles. The molecule has 8 heteroatoms. The Balaban J connectivity index is 1.98. The summed E-state index contributed by atoms with van der Waals surface area (Å²) in [5.41, 5.74) is 6.70. The highest BCUT2D eigenvalue weighted by Crippen LogP contribution is 2.21. The van der Waals surface area contributed by atoms with Crippen LogP contribution in [0.15, 0.2) is 36.5 Å². The maximum atomic E-state index is 12.3. The average Bonchev–Trinajstić information content (AvgIpc) is 2.70. The van der Waals surface area contributed by atoms with Gasteiger partial charge in [0.05, 0.1) is 19.3 Å². The van der Waals surface area contributed by atoms with Gasteiger partial charge < -0.3 is 25.4 Å². The van der Waals surface area contributed by atoms with Crippen LogP contribution in [0.2, 0.25) is 0 Å². The number of amides is 1. The van der Waals surface area contributed by atoms with Crippen molar-refractivity contribution in [1.82, 2.24) is 14.9 Å². The van der Waals surface area contributed by atoms with Gasteiger partial charge in [-0.25, -0.2) is 9.78 Å². The highest BCUT2D eigenvalue weighted by Gasteiger charge is 2.16. The maximum Gasteiger partial charge on any atom is 0.410 e. The van der Waals surface area contributed by atoms with Gasteiger partial charge in [-0.15, -0.1) is 0 Å². The van der Waals surface area contributed by atoms with E-state index >= 15 is 0 Å². The number of ether oxygens (including phenoxy) is 2. The number of aromatic nitrogens is 2. The summed E-state index contributed by atoms with van der Waals surface area (Å²) in [4.78, 5) is 22.1. The third-order valence-corrected chi connectivity index (χ3v) is 3.96. The van der Waals surface area contributed by atoms with Gasteiger partial charge >= 0.3 is 6.09 Å². The molecule has 152 valence electrons. The van der Waals surface area contributed by atoms with Crippen LogP contribution in [0.5, 0.6) is 5.75 Å². The van der Waals surface area contributed by atoms with Crippen molar-refractivity contribution in [3.63, 3.8) is 0 Å². The third-order valence-electron chi connectivity index (χ3n) is 3.96. The Morgan fingerprint density at radius 1 is 1.25 bits per heavy atom. The van der Waals surface area contributed by atoms with Gasteiger partial charge in [-0.05, 0) is 18.9 Å². The zero-order valence-corrected chi connectivity index (χ0v) is 16.6. The fraction of sp³-hybridized carbons (Fsp3) is 0.450. The zero-order valence-electron chi connectivity index (χ0n) is 16.6. The maximum absolute atomic E-state index is 12.3. The molecule has 28 heavy (non-hydrogen) atoms. The summed E-state index contributed by atoms with van der Waals surface area (Å²) in [6, 6.07) is 9.76. The van der Waals surface area contributed by atoms with Crippen molar-refractivity contribution in [2.75, 3.05) is 37.4 Å². The predicted octanol–water partition coefficient (Wildman–Crippen LogP) is 3.31. The van der Waals surface area contributed by atoms with Gasteiger partial charge in [-0.1, -0.05) is 43.7 Å². The van der Waals surface area contributed by atoms with E-state index in [0.29, 0.717) is 31.3 Å². The van der Waals surface area contributed by atoms with E-state index in [2.05, 4.69) is 22.2 Å². The SMILES string of the molecule is CCCCNc1nc(N)ncc1OCCN(Cc1ccccc1)C(=O)OCC. The number of nitrogens with one attached hydrogen (secondary N) is 1. The number of nitrogens with two attached hydrogens (primary N) is 1. The Morgan fingerprint density at radius 2 is 2.04 bits per heavy atom. The second-order valence-corrected chi connectivity index (χ2v) is 6.18. The topological polar surface area (TPSA) is 103 Å². The van der Waals surface area contributed by atoms with Crippen LogP contribution >= 0.6 is 0 Å². The first kappa shape index (κ1) is 21.3. The lowest BCUT2D eigenvalue weighted by Crippen LogP contribution is -2.34. The Bertz CT molecular complexity index is 727. The van der Waals surface area contributed by atoms with E-state index < -0.39 is 0 Å². The average molecular weight is 387 g/mol. The van der Waals surface area contributed by atoms with Crippen LogP contribution in [0, 0.1) is 0 Å². The molecule has 1 heterocycles. The van der Waals surface area contributed by atoms with E-state index in [0.717, 1.165) is 24.9 Å². The summed E-state index contributed by atoms with van der Waals surface area (Å²) in [6.07, 6.45) is 3.25. The fourth-order valence-electron chi connectivity index (χ4n) is 2.52. The Labute approximate surface area is 166 Å². The molecule has 0 aliphatic carbocycles. The van der Waals surface area contributed by atoms with Crippen LogP contribution in [0.3, 0.4) is 0 Å². The van der Waals surface area contributed by atoms with Crippen LogP contribution < -0.4 is 15.8 Å². The van der Waals surface area contributed by atoms with Gasteiger partial charge in [-0.3, -0.25) is 0 Å². The van der Waals surface area contributed by atoms with Crippen molar-refractivity contribution in [1.29, 1.82) is 0 Å². The molecule has 0 aliphatic rings. The molecule has 1 amide bonds. The summed E-state index contributed by atoms with van der Waals surface area (Å²) in [7, 11) is 0. The number of unbranched alkanes of at least 4 members (excludes halogenated alkanes) is 1. The molecule has 0 fully saturated rings. The Kier molecular flexibility index (Phi) is 8.84. The number of nitrogen functional groups attached to an aromatic ring is 1. The molecule has 0 bridgehead atoms. The Hall–Kier alpha value is -3.03. The summed E-state index contributed by atoms with van der Waals surface area (Å²) in [5.74, 6) is 1.25. The molecule has 0 radical (unpaired) electrons. The smallest absolute Gasteiger partial charge is 0.410 e. The minimum absolute atomic E-state index is 0.184. The van der Waals surface area contributed by atoms with Crippen LogP contribution in [0.1, 0.15) is 32.3 Å². The highest BCUT2D eigenvalue weighted by molar-refractivity contribution is 5.67. The van der Waals surface area contributed by atoms with Crippen molar-refractivity contribution >= 4 is 17.9 Å². The normalized spacial score (nSPS) is 10.4. The van der Waals surface area contributed by atoms with E-state index in [4.69, 9.17) is 15.2 Å². The number of carbonyl (C=O) groups is 1. The van der Waals surface area contributed by atoms with Gasteiger partial charge in [0.1, 0.15) is 6.61 Å². The minimum Gasteiger partial charge on any atom is -0.486 e. The molecule has 0 saturated carbocycles. The summed E-state index contributed by atoms with van der Waals surface area (Å²) < 4.78 is 11.0. The number of carbonyl (C=O) groups excluding carboxylic acids is 1. The van der Waals surface area contributed by atoms with Crippen molar-refractivity contribution < 1.29 is 14.3 Å². The molecule has 0 saturated heterocycles. The lowest BCUT2D eigenvalue weighted by atomic mass is 10.2. The Morgan fingerprint density at radius 3 is 2.75 bits per heavy atom. The molecule has 3 N–H and O–H groups in total. The monoisotopic (exact) mass is 387 g/mol. The first-order chi connectivity index (χ1) is 13.6. The molecule has 0 atom stereocenters. The molecule has 1 aromatic heterocycles. The van der Waals surface area contributed by atoms with Crippen LogP contribution in [0.4, 0.5) is 16.6 Å². The van der Waals surface area contributed by atoms with Crippen LogP contribution in [-0.4, -0.2) is 47.3 Å². The zero-order chi connectivity index (χ0) is 20.2. The van der Waals surface area contributed by atoms with Gasteiger partial charge in [0.15, 0.2) is 11.6 Å². The van der Waals surface area contributed by atoms with E-state index in [1.165, 1.54) is 0 Å². The van der Waals surface area contributed by atoms with E-state index in [-0.39, 0.29) is 18.6 Å². The minimum atomic E-state index is -0.371.